The van der Waals surface area contributed by atoms with Gasteiger partial charge in [0.05, 0.1) is 11.1 Å². The molecule has 314 valence electrons. The predicted molar refractivity (Wildman–Crippen MR) is 231 cm³/mol. The Morgan fingerprint density at radius 1 is 0.763 bits per heavy atom. The Hall–Kier alpha value is -4.20. The van der Waals surface area contributed by atoms with Crippen LogP contribution in [0.3, 0.4) is 0 Å². The minimum absolute atomic E-state index is 0.00498. The van der Waals surface area contributed by atoms with E-state index in [9.17, 15) is 9.59 Å². The van der Waals surface area contributed by atoms with Gasteiger partial charge in [-0.15, -0.1) is 0 Å². The number of ether oxygens (including phenoxy) is 2. The monoisotopic (exact) mass is 799 g/mol. The molecule has 59 heavy (non-hydrogen) atoms. The summed E-state index contributed by atoms with van der Waals surface area (Å²) >= 11 is 0. The summed E-state index contributed by atoms with van der Waals surface area (Å²) in [7, 11) is 0. The highest BCUT2D eigenvalue weighted by molar-refractivity contribution is 5.79. The minimum Gasteiger partial charge on any atom is -0.460 e. The SMILES string of the molecule is C[C@H]1[C@H](C)CC[C@]2(C(=O)OCc3ccccc3)CC[C@]3(C)C(=CC[C@@H]4[C@@]5(C)Cc6c(N7CCN(C(=O)OCc8ccccc8)CC7)ncnc6C(C)(C)[C@@H]5CC[C@]43C)[C@H]12. The number of allylic oxidation sites excluding steroid dienone is 2. The second-order valence-electron chi connectivity index (χ2n) is 20.8. The third kappa shape index (κ3) is 6.26. The number of aromatic nitrogens is 2. The Balaban J connectivity index is 0.995. The van der Waals surface area contributed by atoms with Crippen LogP contribution in [0.5, 0.6) is 0 Å². The number of piperazine rings is 1. The number of hydrogen-bond donors (Lipinski definition) is 0. The van der Waals surface area contributed by atoms with Crippen molar-refractivity contribution < 1.29 is 19.1 Å². The van der Waals surface area contributed by atoms with Gasteiger partial charge in [0, 0.05) is 37.2 Å². The lowest BCUT2D eigenvalue weighted by atomic mass is 9.33. The molecule has 3 saturated carbocycles. The van der Waals surface area contributed by atoms with Crippen molar-refractivity contribution in [1.29, 1.82) is 0 Å². The van der Waals surface area contributed by atoms with Crippen LogP contribution in [-0.4, -0.2) is 53.1 Å². The number of amides is 1. The molecule has 2 heterocycles. The van der Waals surface area contributed by atoms with Crippen LogP contribution in [-0.2, 0) is 39.3 Å². The van der Waals surface area contributed by atoms with Gasteiger partial charge >= 0.3 is 12.1 Å². The number of nitrogens with zero attached hydrogens (tertiary/aromatic N) is 4. The zero-order valence-corrected chi connectivity index (χ0v) is 36.6. The van der Waals surface area contributed by atoms with Crippen LogP contribution in [0, 0.1) is 51.2 Å². The molecule has 0 radical (unpaired) electrons. The topological polar surface area (TPSA) is 84.9 Å². The molecule has 1 aliphatic heterocycles. The van der Waals surface area contributed by atoms with Gasteiger partial charge in [-0.25, -0.2) is 14.8 Å². The van der Waals surface area contributed by atoms with Gasteiger partial charge in [-0.3, -0.25) is 4.79 Å². The van der Waals surface area contributed by atoms with Gasteiger partial charge in [-0.2, -0.15) is 0 Å². The van der Waals surface area contributed by atoms with Crippen LogP contribution < -0.4 is 4.90 Å². The summed E-state index contributed by atoms with van der Waals surface area (Å²) in [5.41, 5.74) is 5.66. The zero-order valence-electron chi connectivity index (χ0n) is 36.6. The van der Waals surface area contributed by atoms with Crippen molar-refractivity contribution in [2.75, 3.05) is 31.1 Å². The maximum absolute atomic E-state index is 14.6. The van der Waals surface area contributed by atoms with Crippen LogP contribution in [0.15, 0.2) is 78.6 Å². The van der Waals surface area contributed by atoms with Gasteiger partial charge in [0.1, 0.15) is 25.4 Å². The van der Waals surface area contributed by atoms with Crippen LogP contribution >= 0.6 is 0 Å². The smallest absolute Gasteiger partial charge is 0.410 e. The number of esters is 1. The lowest BCUT2D eigenvalue weighted by Crippen LogP contribution is -2.65. The van der Waals surface area contributed by atoms with Crippen molar-refractivity contribution in [2.45, 2.75) is 118 Å². The second kappa shape index (κ2) is 14.8. The van der Waals surface area contributed by atoms with Crippen molar-refractivity contribution in [1.82, 2.24) is 14.9 Å². The molecule has 0 spiro atoms. The molecule has 8 nitrogen and oxygen atoms in total. The fourth-order valence-corrected chi connectivity index (χ4v) is 14.4. The van der Waals surface area contributed by atoms with Crippen molar-refractivity contribution in [2.24, 2.45) is 51.2 Å². The standard InChI is InChI=1S/C51H66N4O4/c1-34-20-23-51(45(56)58-31-36-14-10-8-11-15-36)25-24-49(6)39(42(51)35(34)2)18-19-41-48(5)30-38-43(47(3,4)40(48)21-22-50(41,49)7)52-33-53-44(38)54-26-28-55(29-27-54)46(57)59-32-37-16-12-9-13-17-37/h8-18,33-35,40-42H,19-32H2,1-7H3/t34-,35+,40+,41-,42+,48+,49-,50-,51+/m1/s1. The average molecular weight is 799 g/mol. The summed E-state index contributed by atoms with van der Waals surface area (Å²) in [6, 6.07) is 20.0. The van der Waals surface area contributed by atoms with Crippen molar-refractivity contribution in [3.63, 3.8) is 0 Å². The van der Waals surface area contributed by atoms with Gasteiger partial charge in [0.15, 0.2) is 0 Å². The molecule has 4 fully saturated rings. The van der Waals surface area contributed by atoms with Crippen LogP contribution in [0.25, 0.3) is 0 Å². The fraction of sp³-hybridized carbons (Fsp3) is 0.608. The predicted octanol–water partition coefficient (Wildman–Crippen LogP) is 10.4. The Kier molecular flexibility index (Phi) is 10.1. The molecule has 0 N–H and O–H groups in total. The summed E-state index contributed by atoms with van der Waals surface area (Å²) in [5, 5.41) is 0. The Labute approximate surface area is 352 Å². The molecule has 9 atom stereocenters. The summed E-state index contributed by atoms with van der Waals surface area (Å²) in [6.45, 7) is 20.8. The highest BCUT2D eigenvalue weighted by Gasteiger charge is 2.70. The molecule has 1 aromatic heterocycles. The molecule has 0 unspecified atom stereocenters. The number of rotatable bonds is 6. The largest absolute Gasteiger partial charge is 0.460 e. The lowest BCUT2D eigenvalue weighted by Gasteiger charge is -2.71. The third-order valence-corrected chi connectivity index (χ3v) is 17.9. The summed E-state index contributed by atoms with van der Waals surface area (Å²) in [5.74, 6) is 3.22. The highest BCUT2D eigenvalue weighted by atomic mass is 16.6. The fourth-order valence-electron chi connectivity index (χ4n) is 14.4. The van der Waals surface area contributed by atoms with Gasteiger partial charge in [0.25, 0.3) is 0 Å². The third-order valence-electron chi connectivity index (χ3n) is 17.9. The molecule has 6 aliphatic rings. The number of carbonyl (C=O) groups excluding carboxylic acids is 2. The highest BCUT2D eigenvalue weighted by Crippen LogP contribution is 2.75. The molecule has 0 bridgehead atoms. The zero-order chi connectivity index (χ0) is 41.4. The lowest BCUT2D eigenvalue weighted by molar-refractivity contribution is -0.184. The Morgan fingerprint density at radius 2 is 1.42 bits per heavy atom. The molecule has 1 amide bonds. The summed E-state index contributed by atoms with van der Waals surface area (Å²) < 4.78 is 12.0. The maximum Gasteiger partial charge on any atom is 0.410 e. The van der Waals surface area contributed by atoms with E-state index < -0.39 is 5.41 Å². The molecule has 5 aliphatic carbocycles. The summed E-state index contributed by atoms with van der Waals surface area (Å²) in [4.78, 5) is 42.0. The van der Waals surface area contributed by atoms with Gasteiger partial charge in [-0.05, 0) is 108 Å². The van der Waals surface area contributed by atoms with E-state index in [0.29, 0.717) is 56.5 Å². The molecular weight excluding hydrogens is 733 g/mol. The molecular formula is C51H66N4O4. The van der Waals surface area contributed by atoms with Gasteiger partial charge < -0.3 is 19.3 Å². The second-order valence-corrected chi connectivity index (χ2v) is 20.8. The van der Waals surface area contributed by atoms with E-state index in [2.05, 4.69) is 71.6 Å². The van der Waals surface area contributed by atoms with E-state index in [1.54, 1.807) is 11.9 Å². The van der Waals surface area contributed by atoms with Crippen LogP contribution in [0.1, 0.15) is 116 Å². The number of benzene rings is 2. The molecule has 1 saturated heterocycles. The van der Waals surface area contributed by atoms with E-state index >= 15 is 0 Å². The van der Waals surface area contributed by atoms with Gasteiger partial charge in [-0.1, -0.05) is 121 Å². The Bertz CT molecular complexity index is 2100. The van der Waals surface area contributed by atoms with Crippen molar-refractivity contribution in [3.05, 3.63) is 101 Å². The quantitative estimate of drug-likeness (QED) is 0.181. The molecule has 9 rings (SSSR count). The van der Waals surface area contributed by atoms with Crippen LogP contribution in [0.2, 0.25) is 0 Å². The van der Waals surface area contributed by atoms with Crippen molar-refractivity contribution in [3.8, 4) is 0 Å². The number of fused-ring (bicyclic) bond motifs is 8. The first-order valence-corrected chi connectivity index (χ1v) is 22.7. The van der Waals surface area contributed by atoms with Crippen molar-refractivity contribution >= 4 is 17.9 Å². The maximum atomic E-state index is 14.6. The van der Waals surface area contributed by atoms with Gasteiger partial charge in [0.2, 0.25) is 0 Å². The number of hydrogen-bond acceptors (Lipinski definition) is 7. The first-order valence-electron chi connectivity index (χ1n) is 22.7. The first kappa shape index (κ1) is 40.2. The molecule has 3 aromatic rings. The number of carbonyl (C=O) groups is 2. The number of anilines is 1. The van der Waals surface area contributed by atoms with E-state index in [-0.39, 0.29) is 46.2 Å². The normalized spacial score (nSPS) is 35.8. The van der Waals surface area contributed by atoms with E-state index in [1.165, 1.54) is 24.1 Å². The van der Waals surface area contributed by atoms with Crippen LogP contribution in [0.4, 0.5) is 10.6 Å². The van der Waals surface area contributed by atoms with E-state index in [0.717, 1.165) is 55.5 Å². The first-order chi connectivity index (χ1) is 28.2. The minimum atomic E-state index is -0.461. The Morgan fingerprint density at radius 3 is 2.10 bits per heavy atom. The van der Waals surface area contributed by atoms with E-state index in [1.807, 2.05) is 53.4 Å². The van der Waals surface area contributed by atoms with E-state index in [4.69, 9.17) is 19.4 Å². The molecule has 2 aromatic carbocycles. The summed E-state index contributed by atoms with van der Waals surface area (Å²) in [6.07, 6.45) is 12.5. The average Bonchev–Trinajstić information content (AvgIpc) is 3.24. The molecule has 8 heteroatoms.